The van der Waals surface area contributed by atoms with Crippen LogP contribution in [-0.2, 0) is 6.18 Å². The first kappa shape index (κ1) is 20.4. The Hall–Kier alpha value is -1.96. The molecule has 0 bridgehead atoms. The van der Waals surface area contributed by atoms with E-state index in [4.69, 9.17) is 0 Å². The fourth-order valence-electron chi connectivity index (χ4n) is 2.96. The summed E-state index contributed by atoms with van der Waals surface area (Å²) in [4.78, 5) is 14.1. The van der Waals surface area contributed by atoms with Gasteiger partial charge < -0.3 is 20.6 Å². The molecule has 26 heavy (non-hydrogen) atoms. The Bertz CT molecular complexity index is 625. The summed E-state index contributed by atoms with van der Waals surface area (Å²) in [6.45, 7) is 5.13. The van der Waals surface area contributed by atoms with E-state index in [0.29, 0.717) is 18.5 Å². The Morgan fingerprint density at radius 1 is 1.19 bits per heavy atom. The minimum Gasteiger partial charge on any atom is -0.388 e. The molecule has 3 N–H and O–H groups in total. The van der Waals surface area contributed by atoms with Gasteiger partial charge in [0.05, 0.1) is 22.5 Å². The third-order valence-electron chi connectivity index (χ3n) is 4.91. The van der Waals surface area contributed by atoms with Gasteiger partial charge in [0.15, 0.2) is 0 Å². The van der Waals surface area contributed by atoms with E-state index in [0.717, 1.165) is 38.1 Å². The molecule has 1 aliphatic heterocycles. The predicted molar refractivity (Wildman–Crippen MR) is 95.4 cm³/mol. The number of nitrogens with zero attached hydrogens (tertiary/aromatic N) is 1. The van der Waals surface area contributed by atoms with Gasteiger partial charge in [-0.15, -0.1) is 0 Å². The summed E-state index contributed by atoms with van der Waals surface area (Å²) < 4.78 is 39.1. The van der Waals surface area contributed by atoms with Gasteiger partial charge in [0.25, 0.3) is 0 Å². The lowest BCUT2D eigenvalue weighted by atomic mass is 9.98. The number of nitrogens with one attached hydrogen (secondary N) is 2. The van der Waals surface area contributed by atoms with E-state index < -0.39 is 23.4 Å². The number of halogens is 3. The van der Waals surface area contributed by atoms with Crippen molar-refractivity contribution in [2.24, 2.45) is 0 Å². The molecule has 0 radical (unpaired) electrons. The van der Waals surface area contributed by atoms with Gasteiger partial charge in [-0.1, -0.05) is 13.8 Å². The van der Waals surface area contributed by atoms with Crippen LogP contribution >= 0.6 is 0 Å². The van der Waals surface area contributed by atoms with Crippen LogP contribution < -0.4 is 15.5 Å². The van der Waals surface area contributed by atoms with Gasteiger partial charge in [-0.2, -0.15) is 13.2 Å². The summed E-state index contributed by atoms with van der Waals surface area (Å²) in [5.74, 6) is 0. The van der Waals surface area contributed by atoms with Crippen LogP contribution in [0.5, 0.6) is 0 Å². The third-order valence-corrected chi connectivity index (χ3v) is 4.91. The third kappa shape index (κ3) is 5.03. The van der Waals surface area contributed by atoms with Crippen molar-refractivity contribution in [3.05, 3.63) is 23.8 Å². The fourth-order valence-corrected chi connectivity index (χ4v) is 2.96. The average molecular weight is 373 g/mol. The highest BCUT2D eigenvalue weighted by Crippen LogP contribution is 2.36. The molecule has 0 aromatic heterocycles. The topological polar surface area (TPSA) is 64.6 Å². The number of amides is 2. The van der Waals surface area contributed by atoms with Crippen LogP contribution in [0.25, 0.3) is 0 Å². The van der Waals surface area contributed by atoms with Gasteiger partial charge >= 0.3 is 12.2 Å². The molecule has 1 aromatic carbocycles. The van der Waals surface area contributed by atoms with Crippen molar-refractivity contribution in [2.75, 3.05) is 29.9 Å². The Morgan fingerprint density at radius 3 is 2.35 bits per heavy atom. The van der Waals surface area contributed by atoms with Gasteiger partial charge in [0.1, 0.15) is 0 Å². The average Bonchev–Trinajstić information content (AvgIpc) is 3.13. The normalized spacial score (nSPS) is 15.2. The lowest BCUT2D eigenvalue weighted by Gasteiger charge is -2.26. The first-order chi connectivity index (χ1) is 12.2. The monoisotopic (exact) mass is 373 g/mol. The summed E-state index contributed by atoms with van der Waals surface area (Å²) in [6, 6.07) is 2.76. The summed E-state index contributed by atoms with van der Waals surface area (Å²) in [5.41, 5.74) is -1.14. The Morgan fingerprint density at radius 2 is 1.81 bits per heavy atom. The number of carbonyl (C=O) groups is 1. The smallest absolute Gasteiger partial charge is 0.388 e. The number of rotatable bonds is 6. The molecule has 0 saturated carbocycles. The molecule has 5 nitrogen and oxygen atoms in total. The second-order valence-electron chi connectivity index (χ2n) is 6.66. The van der Waals surface area contributed by atoms with Crippen LogP contribution in [0.1, 0.15) is 45.1 Å². The number of hydrogen-bond acceptors (Lipinski definition) is 3. The Labute approximate surface area is 151 Å². The van der Waals surface area contributed by atoms with Crippen LogP contribution in [0, 0.1) is 0 Å². The fraction of sp³-hybridized carbons (Fsp3) is 0.611. The minimum atomic E-state index is -4.49. The molecule has 0 aliphatic carbocycles. The van der Waals surface area contributed by atoms with Crippen molar-refractivity contribution in [3.8, 4) is 0 Å². The SMILES string of the molecule is CCC(O)(CC)CNC(=O)Nc1cc(C(F)(F)F)ccc1N1CCCC1. The minimum absolute atomic E-state index is 0.0316. The van der Waals surface area contributed by atoms with E-state index in [1.54, 1.807) is 13.8 Å². The molecule has 2 rings (SSSR count). The van der Waals surface area contributed by atoms with Crippen molar-refractivity contribution in [1.82, 2.24) is 5.32 Å². The molecule has 1 aliphatic rings. The summed E-state index contributed by atoms with van der Waals surface area (Å²) in [7, 11) is 0. The molecule has 1 saturated heterocycles. The molecule has 0 atom stereocenters. The van der Waals surface area contributed by atoms with E-state index in [1.807, 2.05) is 4.90 Å². The highest BCUT2D eigenvalue weighted by atomic mass is 19.4. The molecule has 2 amide bonds. The highest BCUT2D eigenvalue weighted by Gasteiger charge is 2.32. The van der Waals surface area contributed by atoms with E-state index in [2.05, 4.69) is 10.6 Å². The van der Waals surface area contributed by atoms with Gasteiger partial charge in [0, 0.05) is 19.6 Å². The molecule has 1 fully saturated rings. The van der Waals surface area contributed by atoms with Crippen LogP contribution in [0.15, 0.2) is 18.2 Å². The van der Waals surface area contributed by atoms with Gasteiger partial charge in [-0.25, -0.2) is 4.79 Å². The Balaban J connectivity index is 2.18. The number of alkyl halides is 3. The molecule has 0 spiro atoms. The van der Waals surface area contributed by atoms with Crippen LogP contribution in [0.2, 0.25) is 0 Å². The van der Waals surface area contributed by atoms with Gasteiger partial charge in [0.2, 0.25) is 0 Å². The summed E-state index contributed by atoms with van der Waals surface area (Å²) in [5, 5.41) is 15.3. The maximum Gasteiger partial charge on any atom is 0.416 e. The number of carbonyl (C=O) groups excluding carboxylic acids is 1. The predicted octanol–water partition coefficient (Wildman–Crippen LogP) is 3.98. The molecular formula is C18H26F3N3O2. The zero-order valence-corrected chi connectivity index (χ0v) is 15.1. The number of hydrogen-bond donors (Lipinski definition) is 3. The van der Waals surface area contributed by atoms with E-state index in [-0.39, 0.29) is 12.2 Å². The first-order valence-electron chi connectivity index (χ1n) is 8.92. The lowest BCUT2D eigenvalue weighted by Crippen LogP contribution is -2.43. The zero-order valence-electron chi connectivity index (χ0n) is 15.1. The molecule has 0 unspecified atom stereocenters. The molecular weight excluding hydrogens is 347 g/mol. The number of benzene rings is 1. The Kier molecular flexibility index (Phi) is 6.39. The van der Waals surface area contributed by atoms with Crippen molar-refractivity contribution < 1.29 is 23.1 Å². The second-order valence-corrected chi connectivity index (χ2v) is 6.66. The lowest BCUT2D eigenvalue weighted by molar-refractivity contribution is -0.137. The first-order valence-corrected chi connectivity index (χ1v) is 8.92. The van der Waals surface area contributed by atoms with Crippen molar-refractivity contribution in [2.45, 2.75) is 51.3 Å². The number of anilines is 2. The molecule has 1 aromatic rings. The van der Waals surface area contributed by atoms with Gasteiger partial charge in [-0.3, -0.25) is 0 Å². The van der Waals surface area contributed by atoms with Crippen molar-refractivity contribution in [1.29, 1.82) is 0 Å². The van der Waals surface area contributed by atoms with Crippen LogP contribution in [0.4, 0.5) is 29.3 Å². The molecule has 1 heterocycles. The number of urea groups is 1. The quantitative estimate of drug-likeness (QED) is 0.707. The molecule has 146 valence electrons. The van der Waals surface area contributed by atoms with E-state index in [1.165, 1.54) is 6.07 Å². The van der Waals surface area contributed by atoms with Gasteiger partial charge in [-0.05, 0) is 43.9 Å². The largest absolute Gasteiger partial charge is 0.416 e. The summed E-state index contributed by atoms with van der Waals surface area (Å²) in [6.07, 6.45) is -1.63. The maximum absolute atomic E-state index is 13.0. The van der Waals surface area contributed by atoms with E-state index >= 15 is 0 Å². The van der Waals surface area contributed by atoms with Crippen molar-refractivity contribution >= 4 is 17.4 Å². The highest BCUT2D eigenvalue weighted by molar-refractivity contribution is 5.93. The second kappa shape index (κ2) is 8.16. The van der Waals surface area contributed by atoms with E-state index in [9.17, 15) is 23.1 Å². The van der Waals surface area contributed by atoms with Crippen molar-refractivity contribution in [3.63, 3.8) is 0 Å². The van der Waals surface area contributed by atoms with Crippen LogP contribution in [-0.4, -0.2) is 36.4 Å². The number of aliphatic hydroxyl groups is 1. The standard InChI is InChI=1S/C18H26F3N3O2/c1-3-17(26,4-2)12-22-16(25)23-14-11-13(18(19,20)21)7-8-15(14)24-9-5-6-10-24/h7-8,11,26H,3-6,9-10,12H2,1-2H3,(H2,22,23,25). The van der Waals surface area contributed by atoms with Crippen LogP contribution in [0.3, 0.4) is 0 Å². The maximum atomic E-state index is 13.0. The molecule has 8 heteroatoms. The summed E-state index contributed by atoms with van der Waals surface area (Å²) >= 11 is 0. The zero-order chi connectivity index (χ0) is 19.4.